The van der Waals surface area contributed by atoms with Gasteiger partial charge in [0.05, 0.1) is 17.8 Å². The van der Waals surface area contributed by atoms with Gasteiger partial charge in [0.1, 0.15) is 11.5 Å². The van der Waals surface area contributed by atoms with Crippen LogP contribution < -0.4 is 10.2 Å². The number of likely N-dealkylation sites (N-methyl/N-ethyl adjacent to an activating group) is 2. The second kappa shape index (κ2) is 9.96. The molecule has 1 aliphatic rings. The molecule has 2 aromatic heterocycles. The van der Waals surface area contributed by atoms with E-state index in [1.54, 1.807) is 19.0 Å². The standard InChI is InChI=1S/C23H35N5O2/c1-5-19-23(27(6-2)16-21(29)26(3)4)28-15-18(12-13-20(28)25-19)22(30)24-14-17-10-8-7-9-11-17/h12-13,15,17H,5-11,14,16H2,1-4H3,(H,24,30). The number of fused-ring (bicyclic) bond motifs is 1. The SMILES string of the molecule is CCc1nc2ccc(C(=O)NCC3CCCCC3)cn2c1N(CC)CC(=O)N(C)C. The van der Waals surface area contributed by atoms with Crippen LogP contribution in [0.4, 0.5) is 5.82 Å². The van der Waals surface area contributed by atoms with E-state index >= 15 is 0 Å². The molecule has 1 fully saturated rings. The van der Waals surface area contributed by atoms with E-state index in [0.717, 1.165) is 30.1 Å². The van der Waals surface area contributed by atoms with Crippen molar-refractivity contribution in [1.29, 1.82) is 0 Å². The van der Waals surface area contributed by atoms with Gasteiger partial charge < -0.3 is 15.1 Å². The van der Waals surface area contributed by atoms with Gasteiger partial charge in [0.15, 0.2) is 0 Å². The van der Waals surface area contributed by atoms with Gasteiger partial charge in [-0.15, -0.1) is 0 Å². The van der Waals surface area contributed by atoms with Gasteiger partial charge in [-0.05, 0) is 44.2 Å². The summed E-state index contributed by atoms with van der Waals surface area (Å²) in [6.45, 7) is 5.79. The topological polar surface area (TPSA) is 70.0 Å². The third-order valence-electron chi connectivity index (χ3n) is 6.04. The number of carbonyl (C=O) groups is 2. The second-order valence-electron chi connectivity index (χ2n) is 8.40. The van der Waals surface area contributed by atoms with E-state index in [9.17, 15) is 9.59 Å². The Morgan fingerprint density at radius 1 is 1.17 bits per heavy atom. The quantitative estimate of drug-likeness (QED) is 0.722. The third-order valence-corrected chi connectivity index (χ3v) is 6.04. The Bertz CT molecular complexity index is 883. The molecule has 0 unspecified atom stereocenters. The Kier molecular flexibility index (Phi) is 7.34. The molecule has 7 heteroatoms. The van der Waals surface area contributed by atoms with Crippen molar-refractivity contribution in [3.8, 4) is 0 Å². The number of nitrogens with zero attached hydrogens (tertiary/aromatic N) is 4. The van der Waals surface area contributed by atoms with Crippen molar-refractivity contribution in [2.24, 2.45) is 5.92 Å². The Labute approximate surface area is 179 Å². The highest BCUT2D eigenvalue weighted by atomic mass is 16.2. The minimum Gasteiger partial charge on any atom is -0.352 e. The Morgan fingerprint density at radius 3 is 2.53 bits per heavy atom. The molecular formula is C23H35N5O2. The second-order valence-corrected chi connectivity index (χ2v) is 8.40. The van der Waals surface area contributed by atoms with Gasteiger partial charge >= 0.3 is 0 Å². The molecule has 0 aliphatic heterocycles. The molecule has 2 amide bonds. The molecule has 3 rings (SSSR count). The number of aryl methyl sites for hydroxylation is 1. The first kappa shape index (κ1) is 22.1. The van der Waals surface area contributed by atoms with Crippen molar-refractivity contribution < 1.29 is 9.59 Å². The zero-order chi connectivity index (χ0) is 21.7. The van der Waals surface area contributed by atoms with Gasteiger partial charge in [0.25, 0.3) is 5.91 Å². The van der Waals surface area contributed by atoms with Crippen molar-refractivity contribution in [2.45, 2.75) is 52.4 Å². The van der Waals surface area contributed by atoms with Crippen molar-refractivity contribution in [3.05, 3.63) is 29.6 Å². The Hall–Kier alpha value is -2.57. The fourth-order valence-electron chi connectivity index (χ4n) is 4.16. The average molecular weight is 414 g/mol. The summed E-state index contributed by atoms with van der Waals surface area (Å²) in [6.07, 6.45) is 8.87. The normalized spacial score (nSPS) is 14.7. The van der Waals surface area contributed by atoms with Gasteiger partial charge in [-0.1, -0.05) is 26.2 Å². The number of hydrogen-bond acceptors (Lipinski definition) is 4. The summed E-state index contributed by atoms with van der Waals surface area (Å²) in [5, 5.41) is 3.12. The molecule has 2 aromatic rings. The van der Waals surface area contributed by atoms with Crippen LogP contribution in [0, 0.1) is 5.92 Å². The smallest absolute Gasteiger partial charge is 0.252 e. The molecule has 0 atom stereocenters. The van der Waals surface area contributed by atoms with Gasteiger partial charge in [-0.25, -0.2) is 4.98 Å². The van der Waals surface area contributed by atoms with E-state index in [4.69, 9.17) is 4.98 Å². The number of carbonyl (C=O) groups excluding carboxylic acids is 2. The summed E-state index contributed by atoms with van der Waals surface area (Å²) in [5.74, 6) is 1.48. The highest BCUT2D eigenvalue weighted by molar-refractivity contribution is 5.94. The first-order chi connectivity index (χ1) is 14.4. The number of anilines is 1. The minimum absolute atomic E-state index is 0.0373. The zero-order valence-corrected chi connectivity index (χ0v) is 18.8. The molecule has 0 bridgehead atoms. The van der Waals surface area contributed by atoms with Crippen molar-refractivity contribution in [2.75, 3.05) is 38.6 Å². The van der Waals surface area contributed by atoms with E-state index < -0.39 is 0 Å². The molecule has 2 heterocycles. The number of rotatable bonds is 8. The van der Waals surface area contributed by atoms with Crippen LogP contribution in [0.25, 0.3) is 5.65 Å². The Morgan fingerprint density at radius 2 is 1.90 bits per heavy atom. The first-order valence-corrected chi connectivity index (χ1v) is 11.2. The highest BCUT2D eigenvalue weighted by Gasteiger charge is 2.21. The lowest BCUT2D eigenvalue weighted by Gasteiger charge is -2.25. The highest BCUT2D eigenvalue weighted by Crippen LogP contribution is 2.25. The van der Waals surface area contributed by atoms with E-state index in [0.29, 0.717) is 18.0 Å². The number of amides is 2. The van der Waals surface area contributed by atoms with E-state index in [-0.39, 0.29) is 18.4 Å². The van der Waals surface area contributed by atoms with E-state index in [1.807, 2.05) is 34.6 Å². The monoisotopic (exact) mass is 413 g/mol. The summed E-state index contributed by atoms with van der Waals surface area (Å²) in [7, 11) is 3.53. The average Bonchev–Trinajstić information content (AvgIpc) is 3.13. The first-order valence-electron chi connectivity index (χ1n) is 11.2. The minimum atomic E-state index is -0.0485. The lowest BCUT2D eigenvalue weighted by atomic mass is 9.89. The Balaban J connectivity index is 1.85. The number of imidazole rings is 1. The number of nitrogens with one attached hydrogen (secondary N) is 1. The molecular weight excluding hydrogens is 378 g/mol. The maximum absolute atomic E-state index is 12.8. The number of hydrogen-bond donors (Lipinski definition) is 1. The fourth-order valence-corrected chi connectivity index (χ4v) is 4.16. The van der Waals surface area contributed by atoms with Crippen molar-refractivity contribution >= 4 is 23.3 Å². The van der Waals surface area contributed by atoms with Crippen LogP contribution in [0.2, 0.25) is 0 Å². The molecule has 1 N–H and O–H groups in total. The molecule has 0 saturated heterocycles. The predicted octanol–water partition coefficient (Wildman–Crippen LogP) is 3.12. The predicted molar refractivity (Wildman–Crippen MR) is 120 cm³/mol. The lowest BCUT2D eigenvalue weighted by molar-refractivity contribution is -0.127. The lowest BCUT2D eigenvalue weighted by Crippen LogP contribution is -2.37. The van der Waals surface area contributed by atoms with Gasteiger partial charge in [-0.3, -0.25) is 14.0 Å². The summed E-state index contributed by atoms with van der Waals surface area (Å²) in [6, 6.07) is 3.73. The largest absolute Gasteiger partial charge is 0.352 e. The zero-order valence-electron chi connectivity index (χ0n) is 18.8. The molecule has 164 valence electrons. The summed E-state index contributed by atoms with van der Waals surface area (Å²) in [5.41, 5.74) is 2.35. The summed E-state index contributed by atoms with van der Waals surface area (Å²) < 4.78 is 1.96. The summed E-state index contributed by atoms with van der Waals surface area (Å²) >= 11 is 0. The van der Waals surface area contributed by atoms with Crippen LogP contribution in [0.15, 0.2) is 18.3 Å². The van der Waals surface area contributed by atoms with Crippen LogP contribution in [0.3, 0.4) is 0 Å². The molecule has 30 heavy (non-hydrogen) atoms. The van der Waals surface area contributed by atoms with Crippen LogP contribution in [0.5, 0.6) is 0 Å². The van der Waals surface area contributed by atoms with Crippen molar-refractivity contribution in [3.63, 3.8) is 0 Å². The maximum Gasteiger partial charge on any atom is 0.252 e. The molecule has 7 nitrogen and oxygen atoms in total. The van der Waals surface area contributed by atoms with Gasteiger partial charge in [0, 0.05) is 33.4 Å². The number of aromatic nitrogens is 2. The molecule has 0 radical (unpaired) electrons. The third kappa shape index (κ3) is 4.94. The van der Waals surface area contributed by atoms with Gasteiger partial charge in [0.2, 0.25) is 5.91 Å². The van der Waals surface area contributed by atoms with Gasteiger partial charge in [-0.2, -0.15) is 0 Å². The van der Waals surface area contributed by atoms with Crippen LogP contribution in [0.1, 0.15) is 62.0 Å². The molecule has 0 spiro atoms. The van der Waals surface area contributed by atoms with E-state index in [2.05, 4.69) is 12.2 Å². The van der Waals surface area contributed by atoms with Crippen LogP contribution in [-0.2, 0) is 11.2 Å². The van der Waals surface area contributed by atoms with Crippen LogP contribution in [-0.4, -0.2) is 59.8 Å². The summed E-state index contributed by atoms with van der Waals surface area (Å²) in [4.78, 5) is 33.5. The molecule has 1 aliphatic carbocycles. The number of pyridine rings is 1. The van der Waals surface area contributed by atoms with E-state index in [1.165, 1.54) is 32.1 Å². The maximum atomic E-state index is 12.8. The molecule has 0 aromatic carbocycles. The van der Waals surface area contributed by atoms with Crippen molar-refractivity contribution in [1.82, 2.24) is 19.6 Å². The van der Waals surface area contributed by atoms with Crippen LogP contribution >= 0.6 is 0 Å². The molecule has 1 saturated carbocycles. The fraction of sp³-hybridized carbons (Fsp3) is 0.609.